The van der Waals surface area contributed by atoms with E-state index in [0.717, 1.165) is 5.56 Å². The first-order valence-corrected chi connectivity index (χ1v) is 4.85. The standard InChI is InChI=1S/C11H12FNO2/c1-6(5-14)7-2-8-4-10(15)13-11(8)9(12)3-7/h2-3,6,14H,4-5H2,1H3,(H,13,15). The van der Waals surface area contributed by atoms with E-state index in [1.165, 1.54) is 6.07 Å². The van der Waals surface area contributed by atoms with Gasteiger partial charge in [-0.1, -0.05) is 13.0 Å². The summed E-state index contributed by atoms with van der Waals surface area (Å²) in [6.45, 7) is 1.78. The van der Waals surface area contributed by atoms with E-state index in [-0.39, 0.29) is 30.5 Å². The van der Waals surface area contributed by atoms with Crippen molar-refractivity contribution in [3.63, 3.8) is 0 Å². The van der Waals surface area contributed by atoms with E-state index in [9.17, 15) is 9.18 Å². The minimum atomic E-state index is -0.423. The van der Waals surface area contributed by atoms with Crippen LogP contribution in [0.15, 0.2) is 12.1 Å². The van der Waals surface area contributed by atoms with Gasteiger partial charge in [0.2, 0.25) is 5.91 Å². The highest BCUT2D eigenvalue weighted by atomic mass is 19.1. The molecule has 1 aromatic carbocycles. The number of rotatable bonds is 2. The summed E-state index contributed by atoms with van der Waals surface area (Å²) in [5.41, 5.74) is 1.69. The highest BCUT2D eigenvalue weighted by Gasteiger charge is 2.22. The van der Waals surface area contributed by atoms with Crippen LogP contribution in [0.1, 0.15) is 24.0 Å². The van der Waals surface area contributed by atoms with Crippen LogP contribution in [0.4, 0.5) is 10.1 Å². The molecule has 0 saturated heterocycles. The second kappa shape index (κ2) is 3.62. The first-order valence-electron chi connectivity index (χ1n) is 4.85. The molecule has 0 bridgehead atoms. The Balaban J connectivity index is 2.44. The van der Waals surface area contributed by atoms with Crippen molar-refractivity contribution in [1.82, 2.24) is 0 Å². The van der Waals surface area contributed by atoms with E-state index < -0.39 is 5.82 Å². The number of amides is 1. The number of carbonyl (C=O) groups excluding carboxylic acids is 1. The number of nitrogens with one attached hydrogen (secondary N) is 1. The Labute approximate surface area is 86.9 Å². The Hall–Kier alpha value is -1.42. The maximum Gasteiger partial charge on any atom is 0.228 e. The Morgan fingerprint density at radius 2 is 2.33 bits per heavy atom. The van der Waals surface area contributed by atoms with Gasteiger partial charge in [-0.2, -0.15) is 0 Å². The van der Waals surface area contributed by atoms with E-state index in [0.29, 0.717) is 5.56 Å². The maximum absolute atomic E-state index is 13.5. The van der Waals surface area contributed by atoms with E-state index in [1.807, 2.05) is 6.92 Å². The molecular weight excluding hydrogens is 197 g/mol. The van der Waals surface area contributed by atoms with Crippen LogP contribution in [0.3, 0.4) is 0 Å². The summed E-state index contributed by atoms with van der Waals surface area (Å²) in [5, 5.41) is 11.4. The first kappa shape index (κ1) is 10.1. The summed E-state index contributed by atoms with van der Waals surface area (Å²) in [7, 11) is 0. The molecule has 80 valence electrons. The summed E-state index contributed by atoms with van der Waals surface area (Å²) in [5.74, 6) is -0.716. The molecule has 1 aliphatic heterocycles. The van der Waals surface area contributed by atoms with Crippen LogP contribution in [0.2, 0.25) is 0 Å². The Kier molecular flexibility index (Phi) is 2.44. The van der Waals surface area contributed by atoms with Gasteiger partial charge in [0.25, 0.3) is 0 Å². The third-order valence-corrected chi connectivity index (χ3v) is 2.65. The molecule has 1 aliphatic rings. The molecule has 1 atom stereocenters. The van der Waals surface area contributed by atoms with Gasteiger partial charge in [-0.3, -0.25) is 4.79 Å². The van der Waals surface area contributed by atoms with E-state index in [4.69, 9.17) is 5.11 Å². The Morgan fingerprint density at radius 1 is 1.60 bits per heavy atom. The Bertz CT molecular complexity index is 417. The van der Waals surface area contributed by atoms with Gasteiger partial charge in [-0.15, -0.1) is 0 Å². The minimum absolute atomic E-state index is 0.0282. The van der Waals surface area contributed by atoms with Crippen LogP contribution >= 0.6 is 0 Å². The van der Waals surface area contributed by atoms with Crippen LogP contribution in [0.25, 0.3) is 0 Å². The lowest BCUT2D eigenvalue weighted by Gasteiger charge is -2.10. The normalized spacial score (nSPS) is 16.1. The molecule has 1 aromatic rings. The van der Waals surface area contributed by atoms with Crippen LogP contribution in [0.5, 0.6) is 0 Å². The van der Waals surface area contributed by atoms with Gasteiger partial charge in [-0.05, 0) is 17.2 Å². The van der Waals surface area contributed by atoms with Crippen LogP contribution < -0.4 is 5.32 Å². The molecule has 3 nitrogen and oxygen atoms in total. The molecule has 0 saturated carbocycles. The van der Waals surface area contributed by atoms with Crippen LogP contribution in [-0.4, -0.2) is 17.6 Å². The summed E-state index contributed by atoms with van der Waals surface area (Å²) in [6, 6.07) is 3.14. The molecule has 15 heavy (non-hydrogen) atoms. The van der Waals surface area contributed by atoms with Gasteiger partial charge >= 0.3 is 0 Å². The number of hydrogen-bond acceptors (Lipinski definition) is 2. The molecule has 0 aliphatic carbocycles. The molecule has 1 heterocycles. The summed E-state index contributed by atoms with van der Waals surface area (Å²) < 4.78 is 13.5. The SMILES string of the molecule is CC(CO)c1cc(F)c2c(c1)CC(=O)N2. The van der Waals surface area contributed by atoms with Gasteiger partial charge in [0.05, 0.1) is 12.1 Å². The number of carbonyl (C=O) groups is 1. The molecule has 0 fully saturated rings. The van der Waals surface area contributed by atoms with Gasteiger partial charge in [0.1, 0.15) is 5.82 Å². The van der Waals surface area contributed by atoms with Gasteiger partial charge in [-0.25, -0.2) is 4.39 Å². The molecule has 2 N–H and O–H groups in total. The van der Waals surface area contributed by atoms with Gasteiger partial charge < -0.3 is 10.4 Å². The highest BCUT2D eigenvalue weighted by molar-refractivity contribution is 5.99. The van der Waals surface area contributed by atoms with Crippen LogP contribution in [0, 0.1) is 5.82 Å². The molecule has 2 rings (SSSR count). The fourth-order valence-electron chi connectivity index (χ4n) is 1.71. The molecule has 1 unspecified atom stereocenters. The molecule has 0 aromatic heterocycles. The monoisotopic (exact) mass is 209 g/mol. The Morgan fingerprint density at radius 3 is 3.00 bits per heavy atom. The number of aliphatic hydroxyl groups excluding tert-OH is 1. The number of halogens is 1. The van der Waals surface area contributed by atoms with Crippen molar-refractivity contribution in [2.75, 3.05) is 11.9 Å². The van der Waals surface area contributed by atoms with Crippen LogP contribution in [-0.2, 0) is 11.2 Å². The quantitative estimate of drug-likeness (QED) is 0.773. The second-order valence-electron chi connectivity index (χ2n) is 3.85. The molecule has 4 heteroatoms. The van der Waals surface area contributed by atoms with E-state index >= 15 is 0 Å². The minimum Gasteiger partial charge on any atom is -0.396 e. The van der Waals surface area contributed by atoms with Crippen molar-refractivity contribution in [2.24, 2.45) is 0 Å². The average Bonchev–Trinajstić information content (AvgIpc) is 2.58. The van der Waals surface area contributed by atoms with Crippen molar-refractivity contribution in [1.29, 1.82) is 0 Å². The van der Waals surface area contributed by atoms with Gasteiger partial charge in [0.15, 0.2) is 0 Å². The lowest BCUT2D eigenvalue weighted by molar-refractivity contribution is -0.115. The van der Waals surface area contributed by atoms with Crippen molar-refractivity contribution in [3.8, 4) is 0 Å². The second-order valence-corrected chi connectivity index (χ2v) is 3.85. The molecular formula is C11H12FNO2. The zero-order valence-corrected chi connectivity index (χ0v) is 8.38. The predicted octanol–water partition coefficient (Wildman–Crippen LogP) is 1.42. The fourth-order valence-corrected chi connectivity index (χ4v) is 1.71. The topological polar surface area (TPSA) is 49.3 Å². The average molecular weight is 209 g/mol. The zero-order chi connectivity index (χ0) is 11.0. The first-order chi connectivity index (χ1) is 7.11. The lowest BCUT2D eigenvalue weighted by Crippen LogP contribution is -2.04. The number of anilines is 1. The third-order valence-electron chi connectivity index (χ3n) is 2.65. The van der Waals surface area contributed by atoms with Crippen molar-refractivity contribution >= 4 is 11.6 Å². The zero-order valence-electron chi connectivity index (χ0n) is 8.38. The summed E-state index contributed by atoms with van der Waals surface area (Å²) >= 11 is 0. The number of fused-ring (bicyclic) bond motifs is 1. The predicted molar refractivity (Wildman–Crippen MR) is 54.2 cm³/mol. The largest absolute Gasteiger partial charge is 0.396 e. The molecule has 0 radical (unpaired) electrons. The summed E-state index contributed by atoms with van der Waals surface area (Å²) in [6.07, 6.45) is 0.220. The number of aliphatic hydroxyl groups is 1. The third kappa shape index (κ3) is 1.72. The number of hydrogen-bond donors (Lipinski definition) is 2. The molecule has 1 amide bonds. The fraction of sp³-hybridized carbons (Fsp3) is 0.364. The maximum atomic E-state index is 13.5. The smallest absolute Gasteiger partial charge is 0.228 e. The number of benzene rings is 1. The van der Waals surface area contributed by atoms with Gasteiger partial charge in [0, 0.05) is 12.5 Å². The van der Waals surface area contributed by atoms with Crippen molar-refractivity contribution < 1.29 is 14.3 Å². The van der Waals surface area contributed by atoms with Crippen molar-refractivity contribution in [2.45, 2.75) is 19.3 Å². The molecule has 0 spiro atoms. The van der Waals surface area contributed by atoms with Crippen molar-refractivity contribution in [3.05, 3.63) is 29.1 Å². The van der Waals surface area contributed by atoms with E-state index in [2.05, 4.69) is 5.32 Å². The highest BCUT2D eigenvalue weighted by Crippen LogP contribution is 2.30. The summed E-state index contributed by atoms with van der Waals surface area (Å²) in [4.78, 5) is 11.1. The van der Waals surface area contributed by atoms with E-state index in [1.54, 1.807) is 6.07 Å². The lowest BCUT2D eigenvalue weighted by atomic mass is 9.98.